The lowest BCUT2D eigenvalue weighted by atomic mass is 10.4. The van der Waals surface area contributed by atoms with Crippen molar-refractivity contribution in [2.45, 2.75) is 13.1 Å². The highest BCUT2D eigenvalue weighted by molar-refractivity contribution is 6.12. The number of rotatable bonds is 8. The first-order valence-electron chi connectivity index (χ1n) is 23.2. The fraction of sp³-hybridized carbons (Fsp3) is 0.101. The van der Waals surface area contributed by atoms with Gasteiger partial charge in [0.25, 0.3) is 11.8 Å². The number of halogens is 3. The molecule has 0 aliphatic carbocycles. The molecule has 404 valence electrons. The van der Waals surface area contributed by atoms with Crippen LogP contribution in [-0.2, 0) is 23.9 Å². The fourth-order valence-corrected chi connectivity index (χ4v) is 3.22. The molecule has 3 N–H and O–H groups in total. The Morgan fingerprint density at radius 3 is 0.689 bits per heavy atom. The van der Waals surface area contributed by atoms with Crippen LogP contribution < -0.4 is 5.73 Å². The summed E-state index contributed by atoms with van der Waals surface area (Å²) in [5, 5.41) is 7.12. The zero-order valence-corrected chi connectivity index (χ0v) is 46.1. The van der Waals surface area contributed by atoms with E-state index in [0.717, 1.165) is 4.90 Å². The number of aliphatic carboxylic acids is 1. The Bertz CT molecular complexity index is 5150. The third-order valence-electron chi connectivity index (χ3n) is 6.31. The number of carbonyl (C=O) groups excluding carboxylic acids is 2. The van der Waals surface area contributed by atoms with Crippen molar-refractivity contribution >= 4 is 17.8 Å². The van der Waals surface area contributed by atoms with Crippen LogP contribution in [0.3, 0.4) is 0 Å². The summed E-state index contributed by atoms with van der Waals surface area (Å²) in [5.74, 6) is 159. The zero-order chi connectivity index (χ0) is 65.8. The van der Waals surface area contributed by atoms with E-state index < -0.39 is 12.1 Å². The van der Waals surface area contributed by atoms with Gasteiger partial charge >= 0.3 is 12.1 Å². The van der Waals surface area contributed by atoms with Crippen molar-refractivity contribution in [3.63, 3.8) is 0 Å². The number of nitrogens with two attached hydrogens (primary N) is 1. The molecule has 1 aliphatic heterocycles. The van der Waals surface area contributed by atoms with Crippen molar-refractivity contribution in [2.75, 3.05) is 39.5 Å². The predicted molar refractivity (Wildman–Crippen MR) is 334 cm³/mol. The number of terminal acetylenes is 1. The molecule has 1 heterocycles. The summed E-state index contributed by atoms with van der Waals surface area (Å²) >= 11 is 0. The minimum Gasteiger partial charge on any atom is -0.475 e. The van der Waals surface area contributed by atoms with Gasteiger partial charge < -0.3 is 20.3 Å². The number of amides is 2. The molecule has 0 aromatic heterocycles. The van der Waals surface area contributed by atoms with Gasteiger partial charge in [0.2, 0.25) is 0 Å². The van der Waals surface area contributed by atoms with Gasteiger partial charge in [0.15, 0.2) is 0 Å². The van der Waals surface area contributed by atoms with Gasteiger partial charge in [0.1, 0.15) is 0 Å². The van der Waals surface area contributed by atoms with E-state index >= 15 is 0 Å². The summed E-state index contributed by atoms with van der Waals surface area (Å²) in [7, 11) is 0. The van der Waals surface area contributed by atoms with Gasteiger partial charge in [-0.05, 0) is 102 Å². The number of hydrogen-bond donors (Lipinski definition) is 2. The van der Waals surface area contributed by atoms with E-state index in [2.05, 4.69) is 385 Å². The molecule has 8 nitrogen and oxygen atoms in total. The summed E-state index contributed by atoms with van der Waals surface area (Å²) in [4.78, 5) is 32.3. The molecular formula is C79H21F3N2O6. The van der Waals surface area contributed by atoms with Crippen molar-refractivity contribution in [3.05, 3.63) is 12.2 Å². The van der Waals surface area contributed by atoms with Crippen LogP contribution >= 0.6 is 0 Å². The molecule has 1 aliphatic rings. The Balaban J connectivity index is 0. The maximum Gasteiger partial charge on any atom is 0.490 e. The second-order valence-electron chi connectivity index (χ2n) is 12.2. The average molecular weight is 1150 g/mol. The molecule has 11 heteroatoms. The lowest BCUT2D eigenvalue weighted by Crippen LogP contribution is -2.33. The molecule has 0 unspecified atom stereocenters. The number of hydrogen-bond acceptors (Lipinski definition) is 6. The average Bonchev–Trinajstić information content (AvgIpc) is 4.14. The van der Waals surface area contributed by atoms with E-state index in [9.17, 15) is 22.8 Å². The summed E-state index contributed by atoms with van der Waals surface area (Å²) in [5.41, 5.74) is 5.23. The van der Waals surface area contributed by atoms with Crippen LogP contribution in [0.15, 0.2) is 12.2 Å². The highest BCUT2D eigenvalue weighted by Crippen LogP contribution is 2.13. The minimum atomic E-state index is -5.08. The maximum absolute atomic E-state index is 11.1. The van der Waals surface area contributed by atoms with Gasteiger partial charge in [-0.15, -0.1) is 6.42 Å². The van der Waals surface area contributed by atoms with Crippen LogP contribution in [-0.4, -0.2) is 73.5 Å². The molecule has 1 rings (SSSR count). The highest BCUT2D eigenvalue weighted by Gasteiger charge is 2.38. The van der Waals surface area contributed by atoms with Crippen molar-refractivity contribution in [2.24, 2.45) is 5.73 Å². The number of carbonyl (C=O) groups is 3. The van der Waals surface area contributed by atoms with Gasteiger partial charge in [-0.3, -0.25) is 14.5 Å². The molecule has 0 saturated heterocycles. The van der Waals surface area contributed by atoms with Crippen molar-refractivity contribution in [3.8, 4) is 391 Å². The Kier molecular flexibility index (Phi) is 53.2. The minimum absolute atomic E-state index is 0.279. The standard InChI is InChI=1S/C67H4.C10H16N2O4.C2HF3O2/c1-3-5-7-9-11-13-15-17-19-21-23-25-27-29-31-33-35-37-39-41-43-45-47-49-51-53-55-57-59-61-63-65-67-66-64-62-60-58-56-54-52-50-48-46-44-42-40-38-36-34-32-30-28-26-24-22-20-18-16-14-12-10-8-6-4-2;11-3-5-15-7-8-16-6-4-12-9(13)1-2-10(12)14;3-2(4,5)1(6)7/h1H,2H3;1-2H,3-8,11H2;(H,6,7). The van der Waals surface area contributed by atoms with Crippen molar-refractivity contribution < 1.29 is 42.1 Å². The van der Waals surface area contributed by atoms with Gasteiger partial charge in [-0.1, -0.05) is 5.92 Å². The molecular weight excluding hydrogens is 1130 g/mol. The Labute approximate surface area is 524 Å². The monoisotopic (exact) mass is 1150 g/mol. The van der Waals surface area contributed by atoms with E-state index in [1.54, 1.807) is 6.92 Å². The second-order valence-corrected chi connectivity index (χ2v) is 12.2. The topological polar surface area (TPSA) is 119 Å². The van der Waals surface area contributed by atoms with Crippen LogP contribution in [0.2, 0.25) is 0 Å². The van der Waals surface area contributed by atoms with Crippen LogP contribution in [0.25, 0.3) is 0 Å². The SMILES string of the molecule is C#CC#CC#CC#CC#CC#CC#CC#CC#CC#CC#CC#CC#CC#CC#CC#CC#CC#CC#CC#CC#CC#CC#CC#CC#CC#CC#CC#CC#CC#CC#CC#CC#CC.NCCOCCOCCN1C(=O)C=CC1=O.O=C(O)C(F)(F)F. The zero-order valence-electron chi connectivity index (χ0n) is 46.1. The molecule has 90 heavy (non-hydrogen) atoms. The largest absolute Gasteiger partial charge is 0.490 e. The number of carboxylic acids is 1. The lowest BCUT2D eigenvalue weighted by molar-refractivity contribution is -0.192. The van der Waals surface area contributed by atoms with Gasteiger partial charge in [0, 0.05) is 303 Å². The molecule has 2 amide bonds. The van der Waals surface area contributed by atoms with E-state index in [0.29, 0.717) is 33.0 Å². The molecule has 0 atom stereocenters. The second kappa shape index (κ2) is 63.3. The Hall–Kier alpha value is -16.5. The molecule has 0 aromatic carbocycles. The fourth-order valence-electron chi connectivity index (χ4n) is 3.22. The van der Waals surface area contributed by atoms with E-state index in [1.807, 2.05) is 0 Å². The summed E-state index contributed by atoms with van der Waals surface area (Å²) < 4.78 is 42.0. The molecule has 0 radical (unpaired) electrons. The number of ether oxygens (including phenoxy) is 2. The van der Waals surface area contributed by atoms with E-state index in [-0.39, 0.29) is 18.4 Å². The Morgan fingerprint density at radius 1 is 0.367 bits per heavy atom. The lowest BCUT2D eigenvalue weighted by Gasteiger charge is -2.13. The van der Waals surface area contributed by atoms with E-state index in [4.69, 9.17) is 31.5 Å². The first-order valence-corrected chi connectivity index (χ1v) is 23.2. The van der Waals surface area contributed by atoms with Gasteiger partial charge in [-0.25, -0.2) is 4.79 Å². The van der Waals surface area contributed by atoms with Crippen LogP contribution in [0.5, 0.6) is 0 Å². The normalized spacial score (nSPS) is 6.51. The van der Waals surface area contributed by atoms with Crippen molar-refractivity contribution in [1.29, 1.82) is 0 Å². The third-order valence-corrected chi connectivity index (χ3v) is 6.31. The van der Waals surface area contributed by atoms with Crippen molar-refractivity contribution in [1.82, 2.24) is 4.90 Å². The number of nitrogens with zero attached hydrogens (tertiary/aromatic N) is 1. The maximum atomic E-state index is 11.1. The number of carboxylic acid groups (broad SMARTS) is 1. The molecule has 0 bridgehead atoms. The number of alkyl halides is 3. The summed E-state index contributed by atoms with van der Waals surface area (Å²) in [6, 6.07) is 0. The first-order chi connectivity index (χ1) is 44.1. The molecule has 0 aromatic rings. The summed E-state index contributed by atoms with van der Waals surface area (Å²) in [6.45, 7) is 4.19. The number of imide groups is 1. The van der Waals surface area contributed by atoms with Crippen LogP contribution in [0.4, 0.5) is 13.2 Å². The highest BCUT2D eigenvalue weighted by atomic mass is 19.4. The molecule has 0 spiro atoms. The smallest absolute Gasteiger partial charge is 0.475 e. The third kappa shape index (κ3) is 62.3. The van der Waals surface area contributed by atoms with Gasteiger partial charge in [0.05, 0.1) is 33.0 Å². The van der Waals surface area contributed by atoms with Crippen LogP contribution in [0.1, 0.15) is 6.92 Å². The predicted octanol–water partition coefficient (Wildman–Crippen LogP) is 0.285. The molecule has 0 saturated carbocycles. The molecule has 0 fully saturated rings. The first kappa shape index (κ1) is 75.6. The quantitative estimate of drug-likeness (QED) is 0.204. The Morgan fingerprint density at radius 2 is 0.533 bits per heavy atom. The van der Waals surface area contributed by atoms with Crippen LogP contribution in [0, 0.1) is 391 Å². The van der Waals surface area contributed by atoms with Gasteiger partial charge in [-0.2, -0.15) is 13.2 Å². The summed E-state index contributed by atoms with van der Waals surface area (Å²) in [6.07, 6.45) is 2.38. The van der Waals surface area contributed by atoms with E-state index in [1.165, 1.54) is 12.2 Å².